The lowest BCUT2D eigenvalue weighted by molar-refractivity contribution is 0.0982. The molecule has 1 amide bonds. The molecule has 0 fully saturated rings. The number of aryl methyl sites for hydroxylation is 1. The molecule has 4 aromatic rings. The molecule has 2 aromatic heterocycles. The van der Waals surface area contributed by atoms with E-state index in [9.17, 15) is 9.59 Å². The van der Waals surface area contributed by atoms with Gasteiger partial charge in [-0.1, -0.05) is 29.5 Å². The highest BCUT2D eigenvalue weighted by molar-refractivity contribution is 7.22. The maximum atomic E-state index is 13.5. The van der Waals surface area contributed by atoms with Gasteiger partial charge in [-0.15, -0.1) is 0 Å². The average Bonchev–Trinajstić information content (AvgIpc) is 3.47. The predicted octanol–water partition coefficient (Wildman–Crippen LogP) is 4.83. The van der Waals surface area contributed by atoms with Crippen molar-refractivity contribution in [3.63, 3.8) is 0 Å². The van der Waals surface area contributed by atoms with Gasteiger partial charge in [0.05, 0.1) is 17.6 Å². The molecule has 0 radical (unpaired) electrons. The SMILES string of the molecule is CCOc1cccc2sc(N(CCCn3ccnc3)C(=O)c3ccc(C(C)=O)cc3)nc12. The lowest BCUT2D eigenvalue weighted by Gasteiger charge is -2.20. The Kier molecular flexibility index (Phi) is 6.61. The number of hydrogen-bond acceptors (Lipinski definition) is 6. The first-order valence-corrected chi connectivity index (χ1v) is 11.3. The van der Waals surface area contributed by atoms with Crippen LogP contribution in [-0.4, -0.2) is 39.4 Å². The summed E-state index contributed by atoms with van der Waals surface area (Å²) in [5.41, 5.74) is 1.85. The average molecular weight is 449 g/mol. The molecule has 0 saturated heterocycles. The first kappa shape index (κ1) is 21.7. The summed E-state index contributed by atoms with van der Waals surface area (Å²) < 4.78 is 8.67. The third-order valence-electron chi connectivity index (χ3n) is 5.04. The number of imidazole rings is 1. The second-order valence-corrected chi connectivity index (χ2v) is 8.29. The van der Waals surface area contributed by atoms with Gasteiger partial charge in [-0.05, 0) is 44.5 Å². The van der Waals surface area contributed by atoms with E-state index in [1.807, 2.05) is 35.9 Å². The van der Waals surface area contributed by atoms with Gasteiger partial charge in [0.15, 0.2) is 10.9 Å². The van der Waals surface area contributed by atoms with Crippen LogP contribution in [0.2, 0.25) is 0 Å². The molecule has 2 heterocycles. The molecule has 4 rings (SSSR count). The Morgan fingerprint density at radius 3 is 2.59 bits per heavy atom. The fourth-order valence-electron chi connectivity index (χ4n) is 3.42. The Labute approximate surface area is 190 Å². The number of anilines is 1. The number of para-hydroxylation sites is 1. The van der Waals surface area contributed by atoms with Crippen molar-refractivity contribution in [3.8, 4) is 5.75 Å². The van der Waals surface area contributed by atoms with Gasteiger partial charge in [-0.25, -0.2) is 9.97 Å². The summed E-state index contributed by atoms with van der Waals surface area (Å²) in [6, 6.07) is 12.6. The van der Waals surface area contributed by atoms with Gasteiger partial charge < -0.3 is 9.30 Å². The minimum Gasteiger partial charge on any atom is -0.492 e. The molecule has 2 aromatic carbocycles. The molecule has 0 saturated carbocycles. The van der Waals surface area contributed by atoms with E-state index < -0.39 is 0 Å². The Balaban J connectivity index is 1.65. The van der Waals surface area contributed by atoms with Crippen LogP contribution < -0.4 is 9.64 Å². The molecule has 0 aliphatic heterocycles. The smallest absolute Gasteiger partial charge is 0.260 e. The van der Waals surface area contributed by atoms with Gasteiger partial charge in [0.1, 0.15) is 11.3 Å². The fraction of sp³-hybridized carbons (Fsp3) is 0.250. The first-order chi connectivity index (χ1) is 15.6. The highest BCUT2D eigenvalue weighted by Gasteiger charge is 2.22. The number of aromatic nitrogens is 3. The number of ether oxygens (including phenoxy) is 1. The predicted molar refractivity (Wildman–Crippen MR) is 126 cm³/mol. The third-order valence-corrected chi connectivity index (χ3v) is 6.09. The molecule has 7 nitrogen and oxygen atoms in total. The van der Waals surface area contributed by atoms with Crippen LogP contribution >= 0.6 is 11.3 Å². The van der Waals surface area contributed by atoms with Crippen LogP contribution in [-0.2, 0) is 6.54 Å². The summed E-state index contributed by atoms with van der Waals surface area (Å²) in [5.74, 6) is 0.530. The minimum absolute atomic E-state index is 0.0317. The summed E-state index contributed by atoms with van der Waals surface area (Å²) in [5, 5.41) is 0.624. The summed E-state index contributed by atoms with van der Waals surface area (Å²) in [6.45, 7) is 5.22. The van der Waals surface area contributed by atoms with Crippen molar-refractivity contribution in [2.75, 3.05) is 18.1 Å². The van der Waals surface area contributed by atoms with E-state index in [1.54, 1.807) is 41.7 Å². The standard InChI is InChI=1S/C24H24N4O3S/c1-3-31-20-6-4-7-21-22(20)26-24(32-21)28(14-5-13-27-15-12-25-16-27)23(30)19-10-8-18(9-11-19)17(2)29/h4,6-12,15-16H,3,5,13-14H2,1-2H3. The summed E-state index contributed by atoms with van der Waals surface area (Å²) >= 11 is 1.47. The molecular weight excluding hydrogens is 424 g/mol. The van der Waals surface area contributed by atoms with Crippen molar-refractivity contribution in [3.05, 3.63) is 72.3 Å². The second-order valence-electron chi connectivity index (χ2n) is 7.28. The molecule has 0 spiro atoms. The topological polar surface area (TPSA) is 77.3 Å². The van der Waals surface area contributed by atoms with E-state index in [1.165, 1.54) is 18.3 Å². The van der Waals surface area contributed by atoms with Crippen LogP contribution in [0.15, 0.2) is 61.2 Å². The molecule has 164 valence electrons. The number of Topliss-reactive ketones (excluding diaryl/α,β-unsaturated/α-hetero) is 1. The van der Waals surface area contributed by atoms with E-state index in [0.29, 0.717) is 35.2 Å². The van der Waals surface area contributed by atoms with Crippen molar-refractivity contribution < 1.29 is 14.3 Å². The van der Waals surface area contributed by atoms with Crippen LogP contribution in [0.1, 0.15) is 41.0 Å². The third kappa shape index (κ3) is 4.70. The summed E-state index contributed by atoms with van der Waals surface area (Å²) in [6.07, 6.45) is 6.14. The van der Waals surface area contributed by atoms with Crippen molar-refractivity contribution >= 4 is 38.4 Å². The number of thiazole rings is 1. The lowest BCUT2D eigenvalue weighted by atomic mass is 10.1. The number of benzene rings is 2. The monoisotopic (exact) mass is 448 g/mol. The second kappa shape index (κ2) is 9.74. The first-order valence-electron chi connectivity index (χ1n) is 10.5. The normalized spacial score (nSPS) is 10.9. The van der Waals surface area contributed by atoms with E-state index in [-0.39, 0.29) is 11.7 Å². The molecular formula is C24H24N4O3S. The minimum atomic E-state index is -0.150. The summed E-state index contributed by atoms with van der Waals surface area (Å²) in [7, 11) is 0. The highest BCUT2D eigenvalue weighted by atomic mass is 32.1. The molecule has 0 bridgehead atoms. The van der Waals surface area contributed by atoms with Gasteiger partial charge in [-0.2, -0.15) is 0 Å². The van der Waals surface area contributed by atoms with E-state index in [2.05, 4.69) is 4.98 Å². The Morgan fingerprint density at radius 1 is 1.12 bits per heavy atom. The Bertz CT molecular complexity index is 1220. The zero-order chi connectivity index (χ0) is 22.5. The van der Waals surface area contributed by atoms with Crippen LogP contribution in [0.5, 0.6) is 5.75 Å². The largest absolute Gasteiger partial charge is 0.492 e. The van der Waals surface area contributed by atoms with Gasteiger partial charge in [0.25, 0.3) is 5.91 Å². The van der Waals surface area contributed by atoms with Crippen molar-refractivity contribution in [2.45, 2.75) is 26.8 Å². The molecule has 0 unspecified atom stereocenters. The zero-order valence-corrected chi connectivity index (χ0v) is 18.8. The number of carbonyl (C=O) groups excluding carboxylic acids is 2. The fourth-order valence-corrected chi connectivity index (χ4v) is 4.42. The van der Waals surface area contributed by atoms with E-state index >= 15 is 0 Å². The van der Waals surface area contributed by atoms with E-state index in [0.717, 1.165) is 23.2 Å². The van der Waals surface area contributed by atoms with E-state index in [4.69, 9.17) is 9.72 Å². The van der Waals surface area contributed by atoms with Gasteiger partial charge in [0, 0.05) is 36.6 Å². The summed E-state index contributed by atoms with van der Waals surface area (Å²) in [4.78, 5) is 35.6. The number of amides is 1. The van der Waals surface area contributed by atoms with Crippen molar-refractivity contribution in [2.24, 2.45) is 0 Å². The maximum Gasteiger partial charge on any atom is 0.260 e. The number of fused-ring (bicyclic) bond motifs is 1. The number of carbonyl (C=O) groups is 2. The number of hydrogen-bond donors (Lipinski definition) is 0. The van der Waals surface area contributed by atoms with Crippen LogP contribution in [0.25, 0.3) is 10.2 Å². The Morgan fingerprint density at radius 2 is 1.91 bits per heavy atom. The molecule has 0 atom stereocenters. The Hall–Kier alpha value is -3.52. The molecule has 0 aliphatic carbocycles. The van der Waals surface area contributed by atoms with Gasteiger partial charge in [0.2, 0.25) is 0 Å². The molecule has 0 N–H and O–H groups in total. The van der Waals surface area contributed by atoms with Crippen molar-refractivity contribution in [1.29, 1.82) is 0 Å². The quantitative estimate of drug-likeness (QED) is 0.343. The van der Waals surface area contributed by atoms with Crippen LogP contribution in [0.4, 0.5) is 5.13 Å². The van der Waals surface area contributed by atoms with Crippen LogP contribution in [0.3, 0.4) is 0 Å². The molecule has 32 heavy (non-hydrogen) atoms. The number of rotatable bonds is 9. The van der Waals surface area contributed by atoms with Gasteiger partial charge in [-0.3, -0.25) is 14.5 Å². The maximum absolute atomic E-state index is 13.5. The van der Waals surface area contributed by atoms with Crippen LogP contribution in [0, 0.1) is 0 Å². The molecule has 8 heteroatoms. The zero-order valence-electron chi connectivity index (χ0n) is 18.0. The highest BCUT2D eigenvalue weighted by Crippen LogP contribution is 2.35. The number of nitrogens with zero attached hydrogens (tertiary/aromatic N) is 4. The number of ketones is 1. The lowest BCUT2D eigenvalue weighted by Crippen LogP contribution is -2.32. The molecule has 0 aliphatic rings. The van der Waals surface area contributed by atoms with Crippen molar-refractivity contribution in [1.82, 2.24) is 14.5 Å². The van der Waals surface area contributed by atoms with Gasteiger partial charge >= 0.3 is 0 Å².